The van der Waals surface area contributed by atoms with Crippen molar-refractivity contribution in [1.82, 2.24) is 25.1 Å². The average molecular weight is 391 g/mol. The SMILES string of the molecule is Cc1ccncc1-c1ccc2[nH]nc(-c3cc4c(-c5ccoc5)cccc4[nH]3)c2n1. The van der Waals surface area contributed by atoms with Crippen molar-refractivity contribution >= 4 is 21.9 Å². The van der Waals surface area contributed by atoms with E-state index in [1.165, 1.54) is 0 Å². The Hall–Kier alpha value is -4.19. The molecule has 0 amide bonds. The summed E-state index contributed by atoms with van der Waals surface area (Å²) in [5, 5.41) is 8.78. The van der Waals surface area contributed by atoms with Crippen LogP contribution in [0.15, 0.2) is 77.9 Å². The third-order valence-electron chi connectivity index (χ3n) is 5.47. The molecule has 0 aliphatic heterocycles. The number of aryl methyl sites for hydroxylation is 1. The summed E-state index contributed by atoms with van der Waals surface area (Å²) in [7, 11) is 0. The summed E-state index contributed by atoms with van der Waals surface area (Å²) < 4.78 is 5.28. The molecule has 0 bridgehead atoms. The Bertz CT molecular complexity index is 1510. The lowest BCUT2D eigenvalue weighted by molar-refractivity contribution is 0.568. The van der Waals surface area contributed by atoms with E-state index in [9.17, 15) is 0 Å². The summed E-state index contributed by atoms with van der Waals surface area (Å²) in [6.07, 6.45) is 7.09. The van der Waals surface area contributed by atoms with E-state index in [-0.39, 0.29) is 0 Å². The molecule has 2 N–H and O–H groups in total. The van der Waals surface area contributed by atoms with E-state index in [4.69, 9.17) is 9.40 Å². The molecule has 6 heteroatoms. The normalized spacial score (nSPS) is 11.5. The minimum Gasteiger partial charge on any atom is -0.472 e. The highest BCUT2D eigenvalue weighted by Gasteiger charge is 2.16. The zero-order valence-electron chi connectivity index (χ0n) is 16.2. The van der Waals surface area contributed by atoms with Crippen LogP contribution in [0, 0.1) is 6.92 Å². The molecule has 0 unspecified atom stereocenters. The fraction of sp³-hybridized carbons (Fsp3) is 0.0417. The topological polar surface area (TPSA) is 83.4 Å². The molecular weight excluding hydrogens is 374 g/mol. The highest BCUT2D eigenvalue weighted by Crippen LogP contribution is 2.34. The van der Waals surface area contributed by atoms with Gasteiger partial charge in [0.1, 0.15) is 11.2 Å². The van der Waals surface area contributed by atoms with E-state index in [2.05, 4.69) is 45.3 Å². The molecule has 0 fully saturated rings. The minimum absolute atomic E-state index is 0.794. The summed E-state index contributed by atoms with van der Waals surface area (Å²) in [4.78, 5) is 12.7. The summed E-state index contributed by atoms with van der Waals surface area (Å²) in [6.45, 7) is 2.06. The molecule has 5 aromatic heterocycles. The smallest absolute Gasteiger partial charge is 0.135 e. The molecule has 0 radical (unpaired) electrons. The van der Waals surface area contributed by atoms with Crippen molar-refractivity contribution in [2.75, 3.05) is 0 Å². The predicted molar refractivity (Wildman–Crippen MR) is 117 cm³/mol. The maximum atomic E-state index is 5.28. The van der Waals surface area contributed by atoms with Gasteiger partial charge in [-0.15, -0.1) is 0 Å². The second kappa shape index (κ2) is 6.42. The number of H-pyrrole nitrogens is 2. The van der Waals surface area contributed by atoms with Gasteiger partial charge in [0.15, 0.2) is 0 Å². The Morgan fingerprint density at radius 3 is 2.80 bits per heavy atom. The molecule has 0 atom stereocenters. The van der Waals surface area contributed by atoms with Crippen LogP contribution in [-0.2, 0) is 0 Å². The van der Waals surface area contributed by atoms with Crippen molar-refractivity contribution in [1.29, 1.82) is 0 Å². The van der Waals surface area contributed by atoms with Crippen LogP contribution in [0.5, 0.6) is 0 Å². The van der Waals surface area contributed by atoms with Gasteiger partial charge >= 0.3 is 0 Å². The molecule has 30 heavy (non-hydrogen) atoms. The lowest BCUT2D eigenvalue weighted by atomic mass is 10.0. The standard InChI is InChI=1S/C24H17N5O/c1-14-7-9-25-12-18(14)20-5-6-21-23(27-20)24(29-28-21)22-11-17-16(15-8-10-30-13-15)3-2-4-19(17)26-22/h2-13,26H,1H3,(H,28,29). The van der Waals surface area contributed by atoms with Gasteiger partial charge < -0.3 is 9.40 Å². The summed E-state index contributed by atoms with van der Waals surface area (Å²) >= 11 is 0. The molecule has 0 aliphatic rings. The number of furan rings is 1. The zero-order valence-corrected chi connectivity index (χ0v) is 16.2. The number of hydrogen-bond acceptors (Lipinski definition) is 4. The van der Waals surface area contributed by atoms with Crippen LogP contribution in [0.1, 0.15) is 5.56 Å². The van der Waals surface area contributed by atoms with Crippen LogP contribution in [0.4, 0.5) is 0 Å². The van der Waals surface area contributed by atoms with Gasteiger partial charge in [-0.3, -0.25) is 10.1 Å². The van der Waals surface area contributed by atoms with Gasteiger partial charge in [0.05, 0.1) is 29.4 Å². The minimum atomic E-state index is 0.794. The lowest BCUT2D eigenvalue weighted by Crippen LogP contribution is -1.89. The molecule has 0 saturated carbocycles. The Morgan fingerprint density at radius 1 is 0.967 bits per heavy atom. The number of nitrogens with zero attached hydrogens (tertiary/aromatic N) is 3. The summed E-state index contributed by atoms with van der Waals surface area (Å²) in [5.74, 6) is 0. The van der Waals surface area contributed by atoms with Gasteiger partial charge in [-0.05, 0) is 54.4 Å². The van der Waals surface area contributed by atoms with Crippen LogP contribution >= 0.6 is 0 Å². The molecular formula is C24H17N5O. The number of nitrogens with one attached hydrogen (secondary N) is 2. The van der Waals surface area contributed by atoms with Gasteiger partial charge in [-0.1, -0.05) is 12.1 Å². The maximum Gasteiger partial charge on any atom is 0.135 e. The van der Waals surface area contributed by atoms with E-state index < -0.39 is 0 Å². The van der Waals surface area contributed by atoms with Crippen LogP contribution in [0.3, 0.4) is 0 Å². The van der Waals surface area contributed by atoms with Crippen molar-refractivity contribution < 1.29 is 4.42 Å². The zero-order chi connectivity index (χ0) is 20.1. The summed E-state index contributed by atoms with van der Waals surface area (Å²) in [5.41, 5.74) is 9.67. The number of aromatic amines is 2. The number of pyridine rings is 2. The second-order valence-corrected chi connectivity index (χ2v) is 7.32. The van der Waals surface area contributed by atoms with Gasteiger partial charge in [0.25, 0.3) is 0 Å². The Labute approximate surface area is 171 Å². The van der Waals surface area contributed by atoms with Crippen LogP contribution in [0.2, 0.25) is 0 Å². The highest BCUT2D eigenvalue weighted by molar-refractivity contribution is 6.00. The fourth-order valence-electron chi connectivity index (χ4n) is 3.92. The average Bonchev–Trinajstić information content (AvgIpc) is 3.51. The van der Waals surface area contributed by atoms with Crippen molar-refractivity contribution in [3.63, 3.8) is 0 Å². The van der Waals surface area contributed by atoms with Crippen molar-refractivity contribution in [2.45, 2.75) is 6.92 Å². The van der Waals surface area contributed by atoms with E-state index >= 15 is 0 Å². The molecule has 6 aromatic rings. The highest BCUT2D eigenvalue weighted by atomic mass is 16.3. The number of benzene rings is 1. The first-order valence-electron chi connectivity index (χ1n) is 9.69. The fourth-order valence-corrected chi connectivity index (χ4v) is 3.92. The first-order chi connectivity index (χ1) is 14.8. The number of hydrogen-bond donors (Lipinski definition) is 2. The number of rotatable bonds is 3. The van der Waals surface area contributed by atoms with Gasteiger partial charge in [-0.2, -0.15) is 5.10 Å². The number of aromatic nitrogens is 5. The van der Waals surface area contributed by atoms with Gasteiger partial charge in [-0.25, -0.2) is 4.98 Å². The van der Waals surface area contributed by atoms with E-state index in [1.807, 2.05) is 36.5 Å². The Balaban J connectivity index is 1.53. The van der Waals surface area contributed by atoms with Crippen LogP contribution in [-0.4, -0.2) is 25.1 Å². The monoisotopic (exact) mass is 391 g/mol. The first-order valence-corrected chi connectivity index (χ1v) is 9.69. The van der Waals surface area contributed by atoms with Crippen molar-refractivity contribution in [3.8, 4) is 33.8 Å². The molecule has 0 saturated heterocycles. The molecule has 0 spiro atoms. The molecule has 6 rings (SSSR count). The largest absolute Gasteiger partial charge is 0.472 e. The quantitative estimate of drug-likeness (QED) is 0.403. The lowest BCUT2D eigenvalue weighted by Gasteiger charge is -2.04. The van der Waals surface area contributed by atoms with E-state index in [1.54, 1.807) is 18.7 Å². The second-order valence-electron chi connectivity index (χ2n) is 7.32. The van der Waals surface area contributed by atoms with Crippen molar-refractivity contribution in [2.24, 2.45) is 0 Å². The predicted octanol–water partition coefficient (Wildman–Crippen LogP) is 5.74. The van der Waals surface area contributed by atoms with Crippen LogP contribution < -0.4 is 0 Å². The molecule has 5 heterocycles. The molecule has 0 aliphatic carbocycles. The van der Waals surface area contributed by atoms with E-state index in [0.717, 1.165) is 61.3 Å². The first kappa shape index (κ1) is 16.7. The molecule has 1 aromatic carbocycles. The third kappa shape index (κ3) is 2.54. The van der Waals surface area contributed by atoms with Crippen LogP contribution in [0.25, 0.3) is 55.7 Å². The molecule has 6 nitrogen and oxygen atoms in total. The maximum absolute atomic E-state index is 5.28. The van der Waals surface area contributed by atoms with Gasteiger partial charge in [0.2, 0.25) is 0 Å². The molecule has 144 valence electrons. The van der Waals surface area contributed by atoms with Gasteiger partial charge in [0, 0.05) is 34.4 Å². The summed E-state index contributed by atoms with van der Waals surface area (Å²) in [6, 6.07) is 16.3. The van der Waals surface area contributed by atoms with Crippen molar-refractivity contribution in [3.05, 3.63) is 79.0 Å². The third-order valence-corrected chi connectivity index (χ3v) is 5.47. The Morgan fingerprint density at radius 2 is 1.93 bits per heavy atom. The Kier molecular flexibility index (Phi) is 3.58. The number of fused-ring (bicyclic) bond motifs is 2. The van der Waals surface area contributed by atoms with E-state index in [0.29, 0.717) is 0 Å².